The molecule has 4 rings (SSSR count). The van der Waals surface area contributed by atoms with Gasteiger partial charge in [0.05, 0.1) is 28.6 Å². The molecule has 0 saturated heterocycles. The molecule has 6 heteroatoms. The SMILES string of the molecule is Cc1ccc(-c2ccc(C(F)(F)F)cc2)n1-c1ccc2nc[nH]c2c1. The van der Waals surface area contributed by atoms with Crippen LogP contribution in [0.1, 0.15) is 11.3 Å². The van der Waals surface area contributed by atoms with E-state index in [1.807, 2.05) is 41.8 Å². The van der Waals surface area contributed by atoms with Gasteiger partial charge in [0, 0.05) is 11.4 Å². The van der Waals surface area contributed by atoms with E-state index in [1.165, 1.54) is 12.1 Å². The summed E-state index contributed by atoms with van der Waals surface area (Å²) in [5, 5.41) is 0. The van der Waals surface area contributed by atoms with E-state index >= 15 is 0 Å². The number of aromatic nitrogens is 3. The highest BCUT2D eigenvalue weighted by Crippen LogP contribution is 2.32. The number of rotatable bonds is 2. The number of nitrogens with zero attached hydrogens (tertiary/aromatic N) is 2. The fourth-order valence-electron chi connectivity index (χ4n) is 3.00. The molecule has 0 amide bonds. The van der Waals surface area contributed by atoms with Crippen LogP contribution >= 0.6 is 0 Å². The first kappa shape index (κ1) is 15.5. The fourth-order valence-corrected chi connectivity index (χ4v) is 3.00. The van der Waals surface area contributed by atoms with Gasteiger partial charge in [-0.15, -0.1) is 0 Å². The number of fused-ring (bicyclic) bond motifs is 1. The number of nitrogens with one attached hydrogen (secondary N) is 1. The lowest BCUT2D eigenvalue weighted by Crippen LogP contribution is -2.04. The molecule has 0 bridgehead atoms. The molecule has 2 aromatic carbocycles. The first-order chi connectivity index (χ1) is 11.9. The summed E-state index contributed by atoms with van der Waals surface area (Å²) in [4.78, 5) is 7.28. The van der Waals surface area contributed by atoms with Crippen LogP contribution in [0.4, 0.5) is 13.2 Å². The Morgan fingerprint density at radius 2 is 1.72 bits per heavy atom. The minimum Gasteiger partial charge on any atom is -0.345 e. The third kappa shape index (κ3) is 2.69. The number of imidazole rings is 1. The largest absolute Gasteiger partial charge is 0.416 e. The number of hydrogen-bond donors (Lipinski definition) is 1. The fraction of sp³-hybridized carbons (Fsp3) is 0.105. The topological polar surface area (TPSA) is 33.6 Å². The number of aromatic amines is 1. The molecule has 0 aliphatic heterocycles. The summed E-state index contributed by atoms with van der Waals surface area (Å²) in [7, 11) is 0. The zero-order valence-electron chi connectivity index (χ0n) is 13.3. The number of benzene rings is 2. The predicted molar refractivity (Wildman–Crippen MR) is 90.6 cm³/mol. The highest BCUT2D eigenvalue weighted by molar-refractivity contribution is 5.78. The zero-order valence-corrected chi connectivity index (χ0v) is 13.3. The summed E-state index contributed by atoms with van der Waals surface area (Å²) in [6.07, 6.45) is -2.70. The maximum absolute atomic E-state index is 12.8. The molecule has 0 aliphatic rings. The molecule has 4 aromatic rings. The Labute approximate surface area is 141 Å². The number of alkyl halides is 3. The van der Waals surface area contributed by atoms with Crippen molar-refractivity contribution in [2.45, 2.75) is 13.1 Å². The predicted octanol–water partition coefficient (Wildman–Crippen LogP) is 5.35. The van der Waals surface area contributed by atoms with Crippen LogP contribution in [-0.4, -0.2) is 14.5 Å². The van der Waals surface area contributed by atoms with Crippen LogP contribution in [0.5, 0.6) is 0 Å². The number of halogens is 3. The monoisotopic (exact) mass is 341 g/mol. The minimum absolute atomic E-state index is 0.648. The summed E-state index contributed by atoms with van der Waals surface area (Å²) in [5.74, 6) is 0. The van der Waals surface area contributed by atoms with Crippen molar-refractivity contribution in [3.63, 3.8) is 0 Å². The Morgan fingerprint density at radius 3 is 2.44 bits per heavy atom. The number of aryl methyl sites for hydroxylation is 1. The van der Waals surface area contributed by atoms with Crippen molar-refractivity contribution in [3.8, 4) is 16.9 Å². The molecule has 1 N–H and O–H groups in total. The Bertz CT molecular complexity index is 1040. The lowest BCUT2D eigenvalue weighted by atomic mass is 10.1. The Balaban J connectivity index is 1.82. The van der Waals surface area contributed by atoms with Gasteiger partial charge in [-0.25, -0.2) is 4.98 Å². The molecule has 126 valence electrons. The Morgan fingerprint density at radius 1 is 0.960 bits per heavy atom. The van der Waals surface area contributed by atoms with E-state index in [9.17, 15) is 13.2 Å². The second-order valence-corrected chi connectivity index (χ2v) is 5.87. The molecule has 3 nitrogen and oxygen atoms in total. The van der Waals surface area contributed by atoms with Crippen LogP contribution in [0, 0.1) is 6.92 Å². The Hall–Kier alpha value is -3.02. The molecule has 0 fully saturated rings. The average molecular weight is 341 g/mol. The minimum atomic E-state index is -4.33. The molecule has 0 unspecified atom stereocenters. The summed E-state index contributed by atoms with van der Waals surface area (Å²) in [5.41, 5.74) is 4.61. The molecule has 0 saturated carbocycles. The molecule has 0 spiro atoms. The second-order valence-electron chi connectivity index (χ2n) is 5.87. The van der Waals surface area contributed by atoms with Crippen LogP contribution in [0.2, 0.25) is 0 Å². The molecule has 2 heterocycles. The van der Waals surface area contributed by atoms with Gasteiger partial charge in [-0.05, 0) is 55.0 Å². The van der Waals surface area contributed by atoms with Gasteiger partial charge in [0.2, 0.25) is 0 Å². The second kappa shape index (κ2) is 5.51. The maximum Gasteiger partial charge on any atom is 0.416 e. The molecular formula is C19H14F3N3. The molecule has 0 aliphatic carbocycles. The zero-order chi connectivity index (χ0) is 17.6. The summed E-state index contributed by atoms with van der Waals surface area (Å²) in [6.45, 7) is 1.96. The molecule has 2 aromatic heterocycles. The lowest BCUT2D eigenvalue weighted by molar-refractivity contribution is -0.137. The molecular weight excluding hydrogens is 327 g/mol. The van der Waals surface area contributed by atoms with Gasteiger partial charge in [0.15, 0.2) is 0 Å². The maximum atomic E-state index is 12.8. The van der Waals surface area contributed by atoms with E-state index in [2.05, 4.69) is 9.97 Å². The summed E-state index contributed by atoms with van der Waals surface area (Å²) < 4.78 is 40.3. The van der Waals surface area contributed by atoms with Gasteiger partial charge in [0.25, 0.3) is 0 Å². The van der Waals surface area contributed by atoms with Crippen molar-refractivity contribution in [2.75, 3.05) is 0 Å². The van der Waals surface area contributed by atoms with Crippen molar-refractivity contribution < 1.29 is 13.2 Å². The summed E-state index contributed by atoms with van der Waals surface area (Å²) >= 11 is 0. The van der Waals surface area contributed by atoms with Crippen molar-refractivity contribution in [1.82, 2.24) is 14.5 Å². The molecule has 0 radical (unpaired) electrons. The van der Waals surface area contributed by atoms with Gasteiger partial charge in [0.1, 0.15) is 0 Å². The molecule has 0 atom stereocenters. The van der Waals surface area contributed by atoms with Crippen LogP contribution < -0.4 is 0 Å². The van der Waals surface area contributed by atoms with Crippen molar-refractivity contribution in [2.24, 2.45) is 0 Å². The van der Waals surface area contributed by atoms with Gasteiger partial charge >= 0.3 is 6.18 Å². The molecule has 25 heavy (non-hydrogen) atoms. The summed E-state index contributed by atoms with van der Waals surface area (Å²) in [6, 6.07) is 14.9. The smallest absolute Gasteiger partial charge is 0.345 e. The van der Waals surface area contributed by atoms with Crippen LogP contribution in [0.25, 0.3) is 28.0 Å². The van der Waals surface area contributed by atoms with Crippen molar-refractivity contribution in [3.05, 3.63) is 72.2 Å². The number of H-pyrrole nitrogens is 1. The third-order valence-electron chi connectivity index (χ3n) is 4.25. The van der Waals surface area contributed by atoms with E-state index < -0.39 is 11.7 Å². The van der Waals surface area contributed by atoms with Crippen molar-refractivity contribution >= 4 is 11.0 Å². The van der Waals surface area contributed by atoms with E-state index in [-0.39, 0.29) is 0 Å². The highest BCUT2D eigenvalue weighted by atomic mass is 19.4. The van der Waals surface area contributed by atoms with Gasteiger partial charge < -0.3 is 9.55 Å². The van der Waals surface area contributed by atoms with Crippen LogP contribution in [0.15, 0.2) is 60.9 Å². The van der Waals surface area contributed by atoms with E-state index in [0.717, 1.165) is 45.8 Å². The van der Waals surface area contributed by atoms with E-state index in [4.69, 9.17) is 0 Å². The van der Waals surface area contributed by atoms with Gasteiger partial charge in [-0.3, -0.25) is 0 Å². The van der Waals surface area contributed by atoms with Gasteiger partial charge in [-0.2, -0.15) is 13.2 Å². The first-order valence-corrected chi connectivity index (χ1v) is 7.73. The normalized spacial score (nSPS) is 12.0. The third-order valence-corrected chi connectivity index (χ3v) is 4.25. The van der Waals surface area contributed by atoms with Gasteiger partial charge in [-0.1, -0.05) is 12.1 Å². The average Bonchev–Trinajstić information content (AvgIpc) is 3.19. The standard InChI is InChI=1S/C19H14F3N3/c1-12-2-9-18(13-3-5-14(6-4-13)19(20,21)22)25(12)15-7-8-16-17(10-15)24-11-23-16/h2-11H,1H3,(H,23,24). The quantitative estimate of drug-likeness (QED) is 0.524. The van der Waals surface area contributed by atoms with Crippen molar-refractivity contribution in [1.29, 1.82) is 0 Å². The van der Waals surface area contributed by atoms with E-state index in [0.29, 0.717) is 0 Å². The highest BCUT2D eigenvalue weighted by Gasteiger charge is 2.30. The first-order valence-electron chi connectivity index (χ1n) is 7.73. The van der Waals surface area contributed by atoms with Crippen LogP contribution in [0.3, 0.4) is 0 Å². The Kier molecular flexibility index (Phi) is 3.42. The van der Waals surface area contributed by atoms with E-state index in [1.54, 1.807) is 6.33 Å². The lowest BCUT2D eigenvalue weighted by Gasteiger charge is -2.13. The number of hydrogen-bond acceptors (Lipinski definition) is 1. The van der Waals surface area contributed by atoms with Crippen LogP contribution in [-0.2, 0) is 6.18 Å².